The van der Waals surface area contributed by atoms with Crippen molar-refractivity contribution >= 4 is 50.6 Å². The fraction of sp³-hybridized carbons (Fsp3) is 0.0870. The van der Waals surface area contributed by atoms with E-state index in [4.69, 9.17) is 15.2 Å². The van der Waals surface area contributed by atoms with Crippen LogP contribution in [0.2, 0.25) is 0 Å². The van der Waals surface area contributed by atoms with E-state index in [2.05, 4.69) is 15.6 Å². The number of pyridine rings is 1. The molecule has 8 nitrogen and oxygen atoms in total. The summed E-state index contributed by atoms with van der Waals surface area (Å²) in [5.41, 5.74) is 9.87. The van der Waals surface area contributed by atoms with Gasteiger partial charge in [-0.15, -0.1) is 11.3 Å². The van der Waals surface area contributed by atoms with Crippen molar-refractivity contribution in [3.63, 3.8) is 0 Å². The summed E-state index contributed by atoms with van der Waals surface area (Å²) in [5, 5.41) is 5.60. The summed E-state index contributed by atoms with van der Waals surface area (Å²) in [6, 6.07) is 16.0. The Morgan fingerprint density at radius 2 is 1.72 bits per heavy atom. The molecule has 0 atom stereocenters. The minimum atomic E-state index is -0.485. The minimum absolute atomic E-state index is 0.314. The first-order chi connectivity index (χ1) is 15.5. The standard InChI is InChI=1S/C23H20N4O4S/c1-30-17-8-6-15(7-9-17)26-23(29)27-16-5-3-4-13(10-16)14-11-18-20(25-12-14)19(24)21(32-18)22(28)31-2/h3-12H,24H2,1-2H3,(H2,26,27,29). The van der Waals surface area contributed by atoms with Crippen LogP contribution in [-0.2, 0) is 4.74 Å². The van der Waals surface area contributed by atoms with Crippen molar-refractivity contribution in [2.45, 2.75) is 0 Å². The number of benzene rings is 2. The van der Waals surface area contributed by atoms with Crippen molar-refractivity contribution in [2.24, 2.45) is 0 Å². The molecule has 0 saturated heterocycles. The Morgan fingerprint density at radius 3 is 2.44 bits per heavy atom. The third kappa shape index (κ3) is 4.33. The highest BCUT2D eigenvalue weighted by Crippen LogP contribution is 2.35. The summed E-state index contributed by atoms with van der Waals surface area (Å²) in [5.74, 6) is 0.224. The topological polar surface area (TPSA) is 116 Å². The van der Waals surface area contributed by atoms with E-state index in [1.54, 1.807) is 43.6 Å². The highest BCUT2D eigenvalue weighted by atomic mass is 32.1. The van der Waals surface area contributed by atoms with E-state index < -0.39 is 5.97 Å². The second-order valence-corrected chi connectivity index (χ2v) is 7.85. The van der Waals surface area contributed by atoms with Gasteiger partial charge in [0.05, 0.1) is 24.6 Å². The van der Waals surface area contributed by atoms with Crippen LogP contribution in [0.15, 0.2) is 60.8 Å². The Kier molecular flexibility index (Phi) is 5.91. The molecule has 162 valence electrons. The molecule has 4 N–H and O–H groups in total. The first-order valence-corrected chi connectivity index (χ1v) is 10.4. The van der Waals surface area contributed by atoms with Gasteiger partial charge in [-0.1, -0.05) is 12.1 Å². The number of nitrogens with two attached hydrogens (primary N) is 1. The van der Waals surface area contributed by atoms with E-state index in [1.807, 2.05) is 24.3 Å². The average Bonchev–Trinajstić information content (AvgIpc) is 3.15. The van der Waals surface area contributed by atoms with Gasteiger partial charge in [-0.05, 0) is 48.0 Å². The van der Waals surface area contributed by atoms with Gasteiger partial charge in [0.15, 0.2) is 0 Å². The number of hydrogen-bond donors (Lipinski definition) is 3. The normalized spacial score (nSPS) is 10.6. The van der Waals surface area contributed by atoms with Crippen molar-refractivity contribution in [3.05, 3.63) is 65.7 Å². The number of nitrogen functional groups attached to an aromatic ring is 1. The number of anilines is 3. The summed E-state index contributed by atoms with van der Waals surface area (Å²) in [6.07, 6.45) is 1.68. The predicted octanol–water partition coefficient (Wildman–Crippen LogP) is 4.98. The van der Waals surface area contributed by atoms with Crippen LogP contribution in [0.1, 0.15) is 9.67 Å². The highest BCUT2D eigenvalue weighted by Gasteiger charge is 2.18. The number of methoxy groups -OCH3 is 2. The molecule has 2 amide bonds. The lowest BCUT2D eigenvalue weighted by Crippen LogP contribution is -2.19. The van der Waals surface area contributed by atoms with E-state index in [-0.39, 0.29) is 6.03 Å². The van der Waals surface area contributed by atoms with Crippen molar-refractivity contribution in [1.29, 1.82) is 0 Å². The summed E-state index contributed by atoms with van der Waals surface area (Å²) in [4.78, 5) is 29.0. The van der Waals surface area contributed by atoms with Gasteiger partial charge in [-0.2, -0.15) is 0 Å². The predicted molar refractivity (Wildman–Crippen MR) is 126 cm³/mol. The average molecular weight is 449 g/mol. The van der Waals surface area contributed by atoms with Crippen molar-refractivity contribution < 1.29 is 19.1 Å². The molecule has 0 saturated carbocycles. The summed E-state index contributed by atoms with van der Waals surface area (Å²) in [7, 11) is 2.90. The van der Waals surface area contributed by atoms with Crippen LogP contribution in [-0.4, -0.2) is 31.2 Å². The Balaban J connectivity index is 1.53. The second kappa shape index (κ2) is 8.94. The maximum Gasteiger partial charge on any atom is 0.350 e. The van der Waals surface area contributed by atoms with E-state index in [0.717, 1.165) is 15.8 Å². The van der Waals surface area contributed by atoms with Gasteiger partial charge < -0.3 is 25.8 Å². The number of fused-ring (bicyclic) bond motifs is 1. The van der Waals surface area contributed by atoms with Gasteiger partial charge in [0.1, 0.15) is 16.1 Å². The van der Waals surface area contributed by atoms with E-state index in [1.165, 1.54) is 18.4 Å². The Hall–Kier alpha value is -4.11. The zero-order valence-electron chi connectivity index (χ0n) is 17.3. The van der Waals surface area contributed by atoms with Crippen molar-refractivity contribution in [2.75, 3.05) is 30.6 Å². The number of nitrogens with one attached hydrogen (secondary N) is 2. The Labute approximate surface area is 188 Å². The number of nitrogens with zero attached hydrogens (tertiary/aromatic N) is 1. The van der Waals surface area contributed by atoms with E-state index in [9.17, 15) is 9.59 Å². The van der Waals surface area contributed by atoms with Crippen LogP contribution in [0.5, 0.6) is 5.75 Å². The number of hydrogen-bond acceptors (Lipinski definition) is 7. The Morgan fingerprint density at radius 1 is 0.969 bits per heavy atom. The van der Waals surface area contributed by atoms with Gasteiger partial charge in [0.25, 0.3) is 0 Å². The molecule has 2 aromatic carbocycles. The lowest BCUT2D eigenvalue weighted by Gasteiger charge is -2.10. The zero-order valence-corrected chi connectivity index (χ0v) is 18.2. The van der Waals surface area contributed by atoms with Gasteiger partial charge >= 0.3 is 12.0 Å². The first-order valence-electron chi connectivity index (χ1n) is 9.57. The SMILES string of the molecule is COC(=O)c1sc2cc(-c3cccc(NC(=O)Nc4ccc(OC)cc4)c3)cnc2c1N. The number of urea groups is 1. The highest BCUT2D eigenvalue weighted by molar-refractivity contribution is 7.21. The molecule has 4 aromatic rings. The molecule has 2 aromatic heterocycles. The van der Waals surface area contributed by atoms with Crippen LogP contribution >= 0.6 is 11.3 Å². The number of ether oxygens (including phenoxy) is 2. The third-order valence-electron chi connectivity index (χ3n) is 4.74. The van der Waals surface area contributed by atoms with Gasteiger partial charge in [-0.3, -0.25) is 4.98 Å². The quantitative estimate of drug-likeness (QED) is 0.371. The van der Waals surface area contributed by atoms with Gasteiger partial charge in [0, 0.05) is 23.1 Å². The van der Waals surface area contributed by atoms with E-state index in [0.29, 0.717) is 33.2 Å². The fourth-order valence-electron chi connectivity index (χ4n) is 3.14. The first kappa shape index (κ1) is 21.1. The lowest BCUT2D eigenvalue weighted by molar-refractivity contribution is 0.0607. The largest absolute Gasteiger partial charge is 0.497 e. The molecule has 32 heavy (non-hydrogen) atoms. The number of aromatic nitrogens is 1. The van der Waals surface area contributed by atoms with E-state index >= 15 is 0 Å². The maximum atomic E-state index is 12.4. The molecule has 9 heteroatoms. The number of carbonyl (C=O) groups excluding carboxylic acids is 2. The molecule has 0 fully saturated rings. The number of esters is 1. The van der Waals surface area contributed by atoms with Crippen LogP contribution in [0.25, 0.3) is 21.3 Å². The molecule has 0 unspecified atom stereocenters. The second-order valence-electron chi connectivity index (χ2n) is 6.80. The van der Waals surface area contributed by atoms with Crippen LogP contribution in [0.4, 0.5) is 21.9 Å². The molecule has 0 aliphatic carbocycles. The smallest absolute Gasteiger partial charge is 0.350 e. The lowest BCUT2D eigenvalue weighted by atomic mass is 10.1. The van der Waals surface area contributed by atoms with Gasteiger partial charge in [-0.25, -0.2) is 9.59 Å². The molecule has 0 radical (unpaired) electrons. The molecule has 0 aliphatic heterocycles. The monoisotopic (exact) mass is 448 g/mol. The summed E-state index contributed by atoms with van der Waals surface area (Å²) < 4.78 is 10.7. The molecule has 0 spiro atoms. The molecular formula is C23H20N4O4S. The van der Waals surface area contributed by atoms with Crippen molar-refractivity contribution in [3.8, 4) is 16.9 Å². The molecular weight excluding hydrogens is 428 g/mol. The van der Waals surface area contributed by atoms with Crippen molar-refractivity contribution in [1.82, 2.24) is 4.98 Å². The molecule has 0 bridgehead atoms. The number of thiophene rings is 1. The zero-order chi connectivity index (χ0) is 22.7. The number of amides is 2. The molecule has 0 aliphatic rings. The fourth-order valence-corrected chi connectivity index (χ4v) is 4.18. The summed E-state index contributed by atoms with van der Waals surface area (Å²) in [6.45, 7) is 0. The number of carbonyl (C=O) groups is 2. The third-order valence-corrected chi connectivity index (χ3v) is 5.86. The van der Waals surface area contributed by atoms with Crippen LogP contribution < -0.4 is 21.1 Å². The number of rotatable bonds is 5. The van der Waals surface area contributed by atoms with Crippen LogP contribution in [0.3, 0.4) is 0 Å². The summed E-state index contributed by atoms with van der Waals surface area (Å²) >= 11 is 1.23. The van der Waals surface area contributed by atoms with Crippen LogP contribution in [0, 0.1) is 0 Å². The van der Waals surface area contributed by atoms with Gasteiger partial charge in [0.2, 0.25) is 0 Å². The molecule has 2 heterocycles. The maximum absolute atomic E-state index is 12.4. The molecule has 4 rings (SSSR count). The minimum Gasteiger partial charge on any atom is -0.497 e. The Bertz CT molecular complexity index is 1300.